The Labute approximate surface area is 147 Å². The second kappa shape index (κ2) is 7.97. The number of benzene rings is 1. The lowest BCUT2D eigenvalue weighted by Crippen LogP contribution is -2.47. The van der Waals surface area contributed by atoms with Crippen LogP contribution in [0.3, 0.4) is 0 Å². The van der Waals surface area contributed by atoms with Crippen molar-refractivity contribution >= 4 is 16.8 Å². The van der Waals surface area contributed by atoms with Gasteiger partial charge in [-0.2, -0.15) is 0 Å². The molecule has 136 valence electrons. The summed E-state index contributed by atoms with van der Waals surface area (Å²) in [5.74, 6) is -0.305. The molecule has 1 saturated heterocycles. The van der Waals surface area contributed by atoms with Crippen molar-refractivity contribution in [3.63, 3.8) is 0 Å². The lowest BCUT2D eigenvalue weighted by Gasteiger charge is -2.30. The van der Waals surface area contributed by atoms with E-state index in [-0.39, 0.29) is 24.2 Å². The fourth-order valence-electron chi connectivity index (χ4n) is 3.39. The van der Waals surface area contributed by atoms with Crippen LogP contribution in [0, 0.1) is 12.7 Å². The number of hydrogen-bond acceptors (Lipinski definition) is 3. The SMILES string of the molecule is CC[C@@H](CN1CCOCC1)NC(=O)Cc1c(C)[nH]c2ccc(F)cc12. The maximum absolute atomic E-state index is 13.6. The van der Waals surface area contributed by atoms with E-state index < -0.39 is 0 Å². The first kappa shape index (κ1) is 17.9. The van der Waals surface area contributed by atoms with Crippen molar-refractivity contribution in [1.29, 1.82) is 0 Å². The summed E-state index contributed by atoms with van der Waals surface area (Å²) in [6.07, 6.45) is 1.14. The number of ether oxygens (including phenoxy) is 1. The number of aromatic amines is 1. The summed E-state index contributed by atoms with van der Waals surface area (Å²) in [5, 5.41) is 3.92. The number of carbonyl (C=O) groups is 1. The van der Waals surface area contributed by atoms with Gasteiger partial charge in [0.2, 0.25) is 5.91 Å². The third-order valence-corrected chi connectivity index (χ3v) is 4.86. The molecule has 5 nitrogen and oxygen atoms in total. The van der Waals surface area contributed by atoms with E-state index in [9.17, 15) is 9.18 Å². The molecule has 0 saturated carbocycles. The molecule has 1 fully saturated rings. The summed E-state index contributed by atoms with van der Waals surface area (Å²) >= 11 is 0. The molecule has 0 radical (unpaired) electrons. The first-order valence-electron chi connectivity index (χ1n) is 8.93. The summed E-state index contributed by atoms with van der Waals surface area (Å²) in [6, 6.07) is 4.75. The average Bonchev–Trinajstić information content (AvgIpc) is 2.90. The fourth-order valence-corrected chi connectivity index (χ4v) is 3.39. The third-order valence-electron chi connectivity index (χ3n) is 4.86. The molecule has 0 spiro atoms. The van der Waals surface area contributed by atoms with Crippen molar-refractivity contribution in [3.8, 4) is 0 Å². The molecule has 25 heavy (non-hydrogen) atoms. The molecule has 0 aliphatic carbocycles. The number of fused-ring (bicyclic) bond motifs is 1. The number of nitrogens with one attached hydrogen (secondary N) is 2. The smallest absolute Gasteiger partial charge is 0.224 e. The number of aryl methyl sites for hydroxylation is 1. The Balaban J connectivity index is 1.65. The molecule has 1 amide bonds. The Morgan fingerprint density at radius 3 is 2.88 bits per heavy atom. The van der Waals surface area contributed by atoms with E-state index in [1.807, 2.05) is 6.92 Å². The van der Waals surface area contributed by atoms with Crippen molar-refractivity contribution in [2.75, 3.05) is 32.8 Å². The van der Waals surface area contributed by atoms with Gasteiger partial charge < -0.3 is 15.0 Å². The summed E-state index contributed by atoms with van der Waals surface area (Å²) in [7, 11) is 0. The molecule has 2 aromatic rings. The van der Waals surface area contributed by atoms with Gasteiger partial charge in [-0.1, -0.05) is 6.92 Å². The predicted molar refractivity (Wildman–Crippen MR) is 96.2 cm³/mol. The highest BCUT2D eigenvalue weighted by molar-refractivity contribution is 5.90. The normalized spacial score (nSPS) is 16.9. The van der Waals surface area contributed by atoms with Crippen LogP contribution in [-0.2, 0) is 16.0 Å². The minimum Gasteiger partial charge on any atom is -0.379 e. The zero-order valence-electron chi connectivity index (χ0n) is 14.9. The zero-order chi connectivity index (χ0) is 17.8. The maximum Gasteiger partial charge on any atom is 0.224 e. The van der Waals surface area contributed by atoms with Crippen molar-refractivity contribution in [2.45, 2.75) is 32.7 Å². The van der Waals surface area contributed by atoms with Gasteiger partial charge in [0, 0.05) is 42.3 Å². The van der Waals surface area contributed by atoms with E-state index in [0.29, 0.717) is 0 Å². The molecule has 1 atom stereocenters. The van der Waals surface area contributed by atoms with E-state index in [2.05, 4.69) is 22.1 Å². The van der Waals surface area contributed by atoms with Gasteiger partial charge in [-0.05, 0) is 37.1 Å². The van der Waals surface area contributed by atoms with Gasteiger partial charge in [0.05, 0.1) is 19.6 Å². The first-order valence-corrected chi connectivity index (χ1v) is 8.93. The van der Waals surface area contributed by atoms with Gasteiger partial charge in [0.25, 0.3) is 0 Å². The number of nitrogens with zero attached hydrogens (tertiary/aromatic N) is 1. The highest BCUT2D eigenvalue weighted by Crippen LogP contribution is 2.23. The predicted octanol–water partition coefficient (Wildman–Crippen LogP) is 2.38. The minimum absolute atomic E-state index is 0.0200. The fraction of sp³-hybridized carbons (Fsp3) is 0.526. The Morgan fingerprint density at radius 2 is 2.16 bits per heavy atom. The molecule has 3 rings (SSSR count). The van der Waals surface area contributed by atoms with Crippen LogP contribution in [0.4, 0.5) is 4.39 Å². The largest absolute Gasteiger partial charge is 0.379 e. The Bertz CT molecular complexity index is 738. The van der Waals surface area contributed by atoms with Crippen LogP contribution in [0.2, 0.25) is 0 Å². The van der Waals surface area contributed by atoms with Crippen LogP contribution in [0.5, 0.6) is 0 Å². The Kier molecular flexibility index (Phi) is 5.71. The van der Waals surface area contributed by atoms with Gasteiger partial charge in [-0.15, -0.1) is 0 Å². The quantitative estimate of drug-likeness (QED) is 0.844. The molecule has 1 aliphatic rings. The van der Waals surface area contributed by atoms with Crippen LogP contribution in [-0.4, -0.2) is 54.7 Å². The number of halogens is 1. The lowest BCUT2D eigenvalue weighted by molar-refractivity contribution is -0.121. The standard InChI is InChI=1S/C19H26FN3O2/c1-3-15(12-23-6-8-25-9-7-23)22-19(24)11-16-13(2)21-18-5-4-14(20)10-17(16)18/h4-5,10,15,21H,3,6-9,11-12H2,1-2H3,(H,22,24)/t15-/m0/s1. The summed E-state index contributed by atoms with van der Waals surface area (Å²) < 4.78 is 18.9. The third kappa shape index (κ3) is 4.38. The van der Waals surface area contributed by atoms with E-state index in [1.54, 1.807) is 6.07 Å². The molecule has 1 aromatic carbocycles. The topological polar surface area (TPSA) is 57.4 Å². The highest BCUT2D eigenvalue weighted by Gasteiger charge is 2.19. The van der Waals surface area contributed by atoms with Crippen LogP contribution >= 0.6 is 0 Å². The van der Waals surface area contributed by atoms with E-state index in [4.69, 9.17) is 4.74 Å². The van der Waals surface area contributed by atoms with Crippen LogP contribution < -0.4 is 5.32 Å². The zero-order valence-corrected chi connectivity index (χ0v) is 14.9. The summed E-state index contributed by atoms with van der Waals surface area (Å²) in [6.45, 7) is 8.17. The molecular weight excluding hydrogens is 321 g/mol. The number of H-pyrrole nitrogens is 1. The number of morpholine rings is 1. The van der Waals surface area contributed by atoms with E-state index >= 15 is 0 Å². The number of aromatic nitrogens is 1. The maximum atomic E-state index is 13.6. The Morgan fingerprint density at radius 1 is 1.40 bits per heavy atom. The number of amides is 1. The summed E-state index contributed by atoms with van der Waals surface area (Å²) in [5.41, 5.74) is 2.65. The van der Waals surface area contributed by atoms with Crippen LogP contribution in [0.1, 0.15) is 24.6 Å². The number of rotatable bonds is 6. The molecule has 1 aliphatic heterocycles. The van der Waals surface area contributed by atoms with Crippen molar-refractivity contribution < 1.29 is 13.9 Å². The van der Waals surface area contributed by atoms with Crippen molar-refractivity contribution in [3.05, 3.63) is 35.3 Å². The monoisotopic (exact) mass is 347 g/mol. The van der Waals surface area contributed by atoms with Gasteiger partial charge >= 0.3 is 0 Å². The minimum atomic E-state index is -0.285. The van der Waals surface area contributed by atoms with E-state index in [0.717, 1.165) is 61.4 Å². The molecule has 6 heteroatoms. The van der Waals surface area contributed by atoms with Crippen molar-refractivity contribution in [2.24, 2.45) is 0 Å². The second-order valence-electron chi connectivity index (χ2n) is 6.68. The highest BCUT2D eigenvalue weighted by atomic mass is 19.1. The lowest BCUT2D eigenvalue weighted by atomic mass is 10.1. The number of carbonyl (C=O) groups excluding carboxylic acids is 1. The average molecular weight is 347 g/mol. The molecule has 2 N–H and O–H groups in total. The molecule has 1 aromatic heterocycles. The molecule has 2 heterocycles. The Hall–Kier alpha value is -1.92. The molecular formula is C19H26FN3O2. The van der Waals surface area contributed by atoms with Gasteiger partial charge in [-0.3, -0.25) is 9.69 Å². The van der Waals surface area contributed by atoms with Crippen LogP contribution in [0.25, 0.3) is 10.9 Å². The summed E-state index contributed by atoms with van der Waals surface area (Å²) in [4.78, 5) is 18.1. The molecule has 0 bridgehead atoms. The van der Waals surface area contributed by atoms with Gasteiger partial charge in [-0.25, -0.2) is 4.39 Å². The number of hydrogen-bond donors (Lipinski definition) is 2. The van der Waals surface area contributed by atoms with Crippen LogP contribution in [0.15, 0.2) is 18.2 Å². The molecule has 0 unspecified atom stereocenters. The second-order valence-corrected chi connectivity index (χ2v) is 6.68. The van der Waals surface area contributed by atoms with Gasteiger partial charge in [0.1, 0.15) is 5.82 Å². The van der Waals surface area contributed by atoms with Gasteiger partial charge in [0.15, 0.2) is 0 Å². The first-order chi connectivity index (χ1) is 12.1. The van der Waals surface area contributed by atoms with E-state index in [1.165, 1.54) is 12.1 Å². The van der Waals surface area contributed by atoms with Crippen molar-refractivity contribution in [1.82, 2.24) is 15.2 Å².